The summed E-state index contributed by atoms with van der Waals surface area (Å²) in [5.41, 5.74) is 13.2. The first-order valence-corrected chi connectivity index (χ1v) is 18.5. The Balaban J connectivity index is 1.41. The van der Waals surface area contributed by atoms with Crippen molar-refractivity contribution < 1.29 is 4.42 Å². The van der Waals surface area contributed by atoms with E-state index in [1.165, 1.54) is 71.6 Å². The van der Waals surface area contributed by atoms with E-state index in [9.17, 15) is 0 Å². The van der Waals surface area contributed by atoms with E-state index in [0.717, 1.165) is 11.2 Å². The lowest BCUT2D eigenvalue weighted by Gasteiger charge is -2.49. The van der Waals surface area contributed by atoms with E-state index in [-0.39, 0.29) is 5.41 Å². The lowest BCUT2D eigenvalue weighted by atomic mass is 9.72. The first kappa shape index (κ1) is 25.6. The fourth-order valence-corrected chi connectivity index (χ4v) is 10.8. The Labute approximate surface area is 259 Å². The van der Waals surface area contributed by atoms with Gasteiger partial charge in [0, 0.05) is 27.4 Å². The Bertz CT molecular complexity index is 2270. The Morgan fingerprint density at radius 3 is 1.89 bits per heavy atom. The first-order valence-electron chi connectivity index (χ1n) is 15.5. The third-order valence-corrected chi connectivity index (χ3v) is 13.7. The van der Waals surface area contributed by atoms with Crippen molar-refractivity contribution in [1.29, 1.82) is 0 Å². The van der Waals surface area contributed by atoms with Crippen LogP contribution in [0, 0.1) is 0 Å². The molecule has 9 rings (SSSR count). The quantitative estimate of drug-likeness (QED) is 0.188. The summed E-state index contributed by atoms with van der Waals surface area (Å²) in [7, 11) is -2.16. The molecular weight excluding hydrogens is 551 g/mol. The zero-order valence-electron chi connectivity index (χ0n) is 25.5. The van der Waals surface area contributed by atoms with Gasteiger partial charge in [0.05, 0.1) is 11.4 Å². The molecule has 0 amide bonds. The summed E-state index contributed by atoms with van der Waals surface area (Å²) in [4.78, 5) is 2.56. The topological polar surface area (TPSA) is 16.4 Å². The molecule has 1 aromatic heterocycles. The second-order valence-corrected chi connectivity index (χ2v) is 17.7. The lowest BCUT2D eigenvalue weighted by molar-refractivity contribution is 0.603. The van der Waals surface area contributed by atoms with Crippen molar-refractivity contribution in [3.63, 3.8) is 0 Å². The smallest absolute Gasteiger partial charge is 0.141 e. The van der Waals surface area contributed by atoms with Gasteiger partial charge in [-0.05, 0) is 68.5 Å². The number of hydrogen-bond acceptors (Lipinski definition) is 2. The molecule has 44 heavy (non-hydrogen) atoms. The van der Waals surface area contributed by atoms with Crippen LogP contribution in [-0.2, 0) is 5.41 Å². The largest absolute Gasteiger partial charge is 0.456 e. The molecule has 6 aromatic carbocycles. The molecule has 0 N–H and O–H groups in total. The van der Waals surface area contributed by atoms with Gasteiger partial charge in [-0.25, -0.2) is 0 Å². The average molecular weight is 584 g/mol. The highest BCUT2D eigenvalue weighted by Gasteiger charge is 2.48. The zero-order valence-corrected chi connectivity index (χ0v) is 26.5. The molecule has 0 bridgehead atoms. The van der Waals surface area contributed by atoms with Gasteiger partial charge in [-0.15, -0.1) is 0 Å². The maximum absolute atomic E-state index is 6.81. The van der Waals surface area contributed by atoms with Gasteiger partial charge < -0.3 is 9.32 Å². The van der Waals surface area contributed by atoms with Crippen molar-refractivity contribution in [2.24, 2.45) is 0 Å². The van der Waals surface area contributed by atoms with Crippen LogP contribution in [0.2, 0.25) is 13.1 Å². The van der Waals surface area contributed by atoms with E-state index in [1.807, 2.05) is 0 Å². The fraction of sp³-hybridized carbons (Fsp3) is 0.122. The van der Waals surface area contributed by atoms with Gasteiger partial charge in [-0.1, -0.05) is 124 Å². The second-order valence-electron chi connectivity index (χ2n) is 13.4. The molecule has 0 saturated heterocycles. The van der Waals surface area contributed by atoms with E-state index >= 15 is 0 Å². The number of anilines is 3. The normalized spacial score (nSPS) is 15.6. The van der Waals surface area contributed by atoms with Gasteiger partial charge in [0.15, 0.2) is 0 Å². The summed E-state index contributed by atoms with van der Waals surface area (Å²) in [6.45, 7) is 9.84. The molecule has 3 heteroatoms. The third-order valence-electron chi connectivity index (χ3n) is 10.2. The predicted molar refractivity (Wildman–Crippen MR) is 188 cm³/mol. The number of fused-ring (bicyclic) bond motifs is 8. The zero-order chi connectivity index (χ0) is 29.8. The number of benzene rings is 6. The molecule has 0 aliphatic carbocycles. The molecular formula is C41H33NOSi. The first-order chi connectivity index (χ1) is 21.3. The minimum atomic E-state index is -2.16. The standard InChI is InChI=1S/C41H33NOSi/c1-41(2)32-23-28(26-13-7-5-8-14-26)19-21-33(32)42-34-22-20-29(27-15-9-6-10-16-27)24-36(34)44(3,4)37-25-31-30-17-11-12-18-35(30)43-40(31)38(41)39(37)42/h5-25H,1-4H3. The van der Waals surface area contributed by atoms with Gasteiger partial charge in [-0.3, -0.25) is 0 Å². The van der Waals surface area contributed by atoms with Crippen molar-refractivity contribution >= 4 is 57.4 Å². The number of para-hydroxylation sites is 1. The molecule has 0 saturated carbocycles. The molecule has 2 nitrogen and oxygen atoms in total. The number of furan rings is 1. The van der Waals surface area contributed by atoms with Gasteiger partial charge in [0.1, 0.15) is 19.2 Å². The van der Waals surface area contributed by atoms with Crippen LogP contribution in [-0.4, -0.2) is 8.07 Å². The van der Waals surface area contributed by atoms with E-state index in [1.54, 1.807) is 0 Å². The predicted octanol–water partition coefficient (Wildman–Crippen LogP) is 10.2. The minimum absolute atomic E-state index is 0.278. The van der Waals surface area contributed by atoms with Crippen LogP contribution in [0.3, 0.4) is 0 Å². The lowest BCUT2D eigenvalue weighted by Crippen LogP contribution is -2.60. The van der Waals surface area contributed by atoms with Crippen LogP contribution in [0.25, 0.3) is 44.2 Å². The second kappa shape index (κ2) is 8.84. The molecule has 0 unspecified atom stereocenters. The molecule has 0 atom stereocenters. The Kier molecular flexibility index (Phi) is 5.15. The molecule has 3 heterocycles. The Morgan fingerprint density at radius 2 is 1.18 bits per heavy atom. The van der Waals surface area contributed by atoms with Crippen LogP contribution < -0.4 is 15.3 Å². The number of rotatable bonds is 2. The molecule has 2 aliphatic rings. The summed E-state index contributed by atoms with van der Waals surface area (Å²) in [6.07, 6.45) is 0. The third kappa shape index (κ3) is 3.36. The Hall–Kier alpha value is -4.86. The molecule has 7 aromatic rings. The number of hydrogen-bond donors (Lipinski definition) is 0. The van der Waals surface area contributed by atoms with Crippen LogP contribution in [0.15, 0.2) is 132 Å². The highest BCUT2D eigenvalue weighted by molar-refractivity contribution is 7.03. The monoisotopic (exact) mass is 583 g/mol. The highest BCUT2D eigenvalue weighted by Crippen LogP contribution is 2.56. The van der Waals surface area contributed by atoms with E-state index in [0.29, 0.717) is 0 Å². The van der Waals surface area contributed by atoms with E-state index in [2.05, 4.69) is 159 Å². The maximum atomic E-state index is 6.81. The van der Waals surface area contributed by atoms with Gasteiger partial charge in [0.2, 0.25) is 0 Å². The van der Waals surface area contributed by atoms with Crippen molar-refractivity contribution in [2.45, 2.75) is 32.4 Å². The average Bonchev–Trinajstić information content (AvgIpc) is 3.43. The van der Waals surface area contributed by atoms with Gasteiger partial charge in [-0.2, -0.15) is 0 Å². The summed E-state index contributed by atoms with van der Waals surface area (Å²) in [6, 6.07) is 46.8. The molecule has 0 spiro atoms. The highest BCUT2D eigenvalue weighted by atomic mass is 28.3. The molecule has 0 radical (unpaired) electrons. The van der Waals surface area contributed by atoms with Crippen molar-refractivity contribution in [2.75, 3.05) is 4.90 Å². The van der Waals surface area contributed by atoms with Crippen molar-refractivity contribution in [3.8, 4) is 22.3 Å². The van der Waals surface area contributed by atoms with Crippen LogP contribution in [0.5, 0.6) is 0 Å². The van der Waals surface area contributed by atoms with Crippen LogP contribution in [0.4, 0.5) is 17.1 Å². The summed E-state index contributed by atoms with van der Waals surface area (Å²) < 4.78 is 6.81. The van der Waals surface area contributed by atoms with Crippen LogP contribution in [0.1, 0.15) is 25.0 Å². The van der Waals surface area contributed by atoms with Crippen molar-refractivity contribution in [3.05, 3.63) is 139 Å². The summed E-state index contributed by atoms with van der Waals surface area (Å²) in [5.74, 6) is 0. The molecule has 2 aliphatic heterocycles. The number of nitrogens with zero attached hydrogens (tertiary/aromatic N) is 1. The van der Waals surface area contributed by atoms with E-state index < -0.39 is 8.07 Å². The minimum Gasteiger partial charge on any atom is -0.456 e. The van der Waals surface area contributed by atoms with Crippen LogP contribution >= 0.6 is 0 Å². The summed E-state index contributed by atoms with van der Waals surface area (Å²) >= 11 is 0. The Morgan fingerprint density at radius 1 is 0.568 bits per heavy atom. The maximum Gasteiger partial charge on any atom is 0.141 e. The van der Waals surface area contributed by atoms with Gasteiger partial charge in [0.25, 0.3) is 0 Å². The molecule has 212 valence electrons. The SMILES string of the molecule is CC1(C)c2cc(-c3ccccc3)ccc2N2c3ccc(-c4ccccc4)cc3[Si](C)(C)c3cc4c(oc5ccccc54)c1c32. The fourth-order valence-electron chi connectivity index (χ4n) is 7.87. The molecule has 0 fully saturated rings. The van der Waals surface area contributed by atoms with E-state index in [4.69, 9.17) is 4.42 Å². The summed E-state index contributed by atoms with van der Waals surface area (Å²) in [5, 5.41) is 5.38. The van der Waals surface area contributed by atoms with Gasteiger partial charge >= 0.3 is 0 Å². The van der Waals surface area contributed by atoms with Crippen molar-refractivity contribution in [1.82, 2.24) is 0 Å².